The van der Waals surface area contributed by atoms with E-state index in [2.05, 4.69) is 5.32 Å². The molecule has 0 radical (unpaired) electrons. The van der Waals surface area contributed by atoms with Crippen LogP contribution in [0.2, 0.25) is 10.0 Å². The first-order chi connectivity index (χ1) is 12.5. The SMILES string of the molecule is C[C@@H](C(=O)Nc1cccc(Cl)c1Cl)c1ccc(-c2ccccc2)c(F)c1. The Morgan fingerprint density at radius 2 is 1.73 bits per heavy atom. The van der Waals surface area contributed by atoms with Crippen LogP contribution in [0.3, 0.4) is 0 Å². The summed E-state index contributed by atoms with van der Waals surface area (Å²) >= 11 is 12.1. The lowest BCUT2D eigenvalue weighted by molar-refractivity contribution is -0.117. The van der Waals surface area contributed by atoms with Gasteiger partial charge in [0.25, 0.3) is 0 Å². The van der Waals surface area contributed by atoms with E-state index in [0.717, 1.165) is 5.56 Å². The zero-order chi connectivity index (χ0) is 18.7. The summed E-state index contributed by atoms with van der Waals surface area (Å²) in [6.45, 7) is 1.71. The van der Waals surface area contributed by atoms with Gasteiger partial charge in [0, 0.05) is 5.56 Å². The molecule has 26 heavy (non-hydrogen) atoms. The van der Waals surface area contributed by atoms with Crippen LogP contribution in [0, 0.1) is 5.82 Å². The first kappa shape index (κ1) is 18.4. The standard InChI is InChI=1S/C21H16Cl2FNO/c1-13(21(26)25-19-9-5-8-17(22)20(19)23)15-10-11-16(18(24)12-15)14-6-3-2-4-7-14/h2-13H,1H3,(H,25,26)/t13-/m1/s1. The van der Waals surface area contributed by atoms with Crippen molar-refractivity contribution in [1.29, 1.82) is 0 Å². The van der Waals surface area contributed by atoms with Gasteiger partial charge in [0.2, 0.25) is 5.91 Å². The average molecular weight is 388 g/mol. The molecule has 3 aromatic rings. The van der Waals surface area contributed by atoms with E-state index in [9.17, 15) is 9.18 Å². The van der Waals surface area contributed by atoms with Crippen molar-refractivity contribution in [2.24, 2.45) is 0 Å². The minimum Gasteiger partial charge on any atom is -0.324 e. The molecule has 0 aliphatic rings. The second-order valence-corrected chi connectivity index (χ2v) is 6.70. The highest BCUT2D eigenvalue weighted by Crippen LogP contribution is 2.31. The highest BCUT2D eigenvalue weighted by molar-refractivity contribution is 6.44. The molecule has 0 aliphatic carbocycles. The van der Waals surface area contributed by atoms with E-state index < -0.39 is 5.92 Å². The van der Waals surface area contributed by atoms with E-state index in [1.807, 2.05) is 30.3 Å². The van der Waals surface area contributed by atoms with Crippen LogP contribution >= 0.6 is 23.2 Å². The molecule has 3 aromatic carbocycles. The summed E-state index contributed by atoms with van der Waals surface area (Å²) in [6.07, 6.45) is 0. The third kappa shape index (κ3) is 3.90. The topological polar surface area (TPSA) is 29.1 Å². The molecule has 1 amide bonds. The van der Waals surface area contributed by atoms with Gasteiger partial charge in [0.05, 0.1) is 21.7 Å². The molecule has 0 saturated carbocycles. The molecule has 132 valence electrons. The molecule has 3 rings (SSSR count). The number of hydrogen-bond acceptors (Lipinski definition) is 1. The minimum absolute atomic E-state index is 0.278. The second-order valence-electron chi connectivity index (χ2n) is 5.92. The van der Waals surface area contributed by atoms with Crippen LogP contribution in [0.1, 0.15) is 18.4 Å². The zero-order valence-electron chi connectivity index (χ0n) is 14.0. The summed E-state index contributed by atoms with van der Waals surface area (Å²) in [5, 5.41) is 3.37. The first-order valence-electron chi connectivity index (χ1n) is 8.07. The summed E-state index contributed by atoms with van der Waals surface area (Å²) in [4.78, 5) is 12.5. The summed E-state index contributed by atoms with van der Waals surface area (Å²) < 4.78 is 14.5. The quantitative estimate of drug-likeness (QED) is 0.540. The molecular weight excluding hydrogens is 372 g/mol. The van der Waals surface area contributed by atoms with Crippen LogP contribution in [-0.4, -0.2) is 5.91 Å². The molecule has 0 heterocycles. The third-order valence-electron chi connectivity index (χ3n) is 4.18. The van der Waals surface area contributed by atoms with Crippen LogP contribution in [-0.2, 0) is 4.79 Å². The first-order valence-corrected chi connectivity index (χ1v) is 8.82. The van der Waals surface area contributed by atoms with Gasteiger partial charge in [-0.25, -0.2) is 4.39 Å². The van der Waals surface area contributed by atoms with Crippen LogP contribution in [0.4, 0.5) is 10.1 Å². The highest BCUT2D eigenvalue weighted by Gasteiger charge is 2.18. The molecule has 2 nitrogen and oxygen atoms in total. The van der Waals surface area contributed by atoms with Crippen molar-refractivity contribution in [3.05, 3.63) is 88.2 Å². The fourth-order valence-corrected chi connectivity index (χ4v) is 2.99. The van der Waals surface area contributed by atoms with Crippen molar-refractivity contribution >= 4 is 34.8 Å². The highest BCUT2D eigenvalue weighted by atomic mass is 35.5. The molecular formula is C21H16Cl2FNO. The van der Waals surface area contributed by atoms with Gasteiger partial charge in [-0.15, -0.1) is 0 Å². The van der Waals surface area contributed by atoms with E-state index in [4.69, 9.17) is 23.2 Å². The Kier molecular flexibility index (Phi) is 5.60. The number of amides is 1. The van der Waals surface area contributed by atoms with Crippen LogP contribution in [0.5, 0.6) is 0 Å². The maximum absolute atomic E-state index is 14.5. The van der Waals surface area contributed by atoms with Gasteiger partial charge >= 0.3 is 0 Å². The molecule has 0 aromatic heterocycles. The molecule has 0 unspecified atom stereocenters. The number of anilines is 1. The molecule has 0 saturated heterocycles. The van der Waals surface area contributed by atoms with Gasteiger partial charge in [-0.1, -0.05) is 71.7 Å². The summed E-state index contributed by atoms with van der Waals surface area (Å²) in [6, 6.07) is 19.1. The smallest absolute Gasteiger partial charge is 0.231 e. The molecule has 0 aliphatic heterocycles. The number of hydrogen-bond donors (Lipinski definition) is 1. The zero-order valence-corrected chi connectivity index (χ0v) is 15.5. The monoisotopic (exact) mass is 387 g/mol. The predicted octanol–water partition coefficient (Wildman–Crippen LogP) is 6.54. The van der Waals surface area contributed by atoms with Crippen molar-refractivity contribution in [2.45, 2.75) is 12.8 Å². The number of halogens is 3. The Morgan fingerprint density at radius 3 is 2.42 bits per heavy atom. The lowest BCUT2D eigenvalue weighted by atomic mass is 9.96. The fraction of sp³-hybridized carbons (Fsp3) is 0.0952. The number of rotatable bonds is 4. The largest absolute Gasteiger partial charge is 0.324 e. The Labute approximate surface area is 161 Å². The number of carbonyl (C=O) groups is 1. The van der Waals surface area contributed by atoms with Crippen molar-refractivity contribution in [3.8, 4) is 11.1 Å². The Balaban J connectivity index is 1.81. The number of nitrogens with one attached hydrogen (secondary N) is 1. The molecule has 1 atom stereocenters. The lowest BCUT2D eigenvalue weighted by Gasteiger charge is -2.15. The number of carbonyl (C=O) groups excluding carboxylic acids is 1. The Hall–Kier alpha value is -2.36. The van der Waals surface area contributed by atoms with Gasteiger partial charge in [0.1, 0.15) is 5.82 Å². The van der Waals surface area contributed by atoms with E-state index >= 15 is 0 Å². The molecule has 0 spiro atoms. The van der Waals surface area contributed by atoms with E-state index in [-0.39, 0.29) is 16.7 Å². The van der Waals surface area contributed by atoms with Gasteiger partial charge < -0.3 is 5.32 Å². The van der Waals surface area contributed by atoms with Crippen molar-refractivity contribution in [2.75, 3.05) is 5.32 Å². The maximum atomic E-state index is 14.5. The lowest BCUT2D eigenvalue weighted by Crippen LogP contribution is -2.19. The fourth-order valence-electron chi connectivity index (χ4n) is 2.65. The molecule has 1 N–H and O–H groups in total. The average Bonchev–Trinajstić information content (AvgIpc) is 2.65. The van der Waals surface area contributed by atoms with E-state index in [1.165, 1.54) is 6.07 Å². The normalized spacial score (nSPS) is 11.8. The molecule has 0 fully saturated rings. The summed E-state index contributed by atoms with van der Waals surface area (Å²) in [7, 11) is 0. The van der Waals surface area contributed by atoms with Gasteiger partial charge in [-0.05, 0) is 36.2 Å². The third-order valence-corrected chi connectivity index (χ3v) is 5.00. The number of benzene rings is 3. The minimum atomic E-state index is -0.552. The van der Waals surface area contributed by atoms with Crippen molar-refractivity contribution < 1.29 is 9.18 Å². The predicted molar refractivity (Wildman–Crippen MR) is 105 cm³/mol. The van der Waals surface area contributed by atoms with Gasteiger partial charge in [-0.3, -0.25) is 4.79 Å². The molecule has 0 bridgehead atoms. The Morgan fingerprint density at radius 1 is 1.00 bits per heavy atom. The van der Waals surface area contributed by atoms with Crippen molar-refractivity contribution in [1.82, 2.24) is 0 Å². The van der Waals surface area contributed by atoms with E-state index in [1.54, 1.807) is 37.3 Å². The maximum Gasteiger partial charge on any atom is 0.231 e. The van der Waals surface area contributed by atoms with Gasteiger partial charge in [-0.2, -0.15) is 0 Å². The van der Waals surface area contributed by atoms with Crippen LogP contribution in [0.15, 0.2) is 66.7 Å². The second kappa shape index (κ2) is 7.90. The Bertz CT molecular complexity index is 944. The summed E-state index contributed by atoms with van der Waals surface area (Å²) in [5.41, 5.74) is 2.30. The molecule has 5 heteroatoms. The van der Waals surface area contributed by atoms with Gasteiger partial charge in [0.15, 0.2) is 0 Å². The summed E-state index contributed by atoms with van der Waals surface area (Å²) in [5.74, 6) is -1.21. The van der Waals surface area contributed by atoms with Crippen LogP contribution in [0.25, 0.3) is 11.1 Å². The van der Waals surface area contributed by atoms with E-state index in [0.29, 0.717) is 21.8 Å². The van der Waals surface area contributed by atoms with Crippen molar-refractivity contribution in [3.63, 3.8) is 0 Å². The van der Waals surface area contributed by atoms with Crippen LogP contribution < -0.4 is 5.32 Å².